The number of carbonyl (C=O) groups is 1. The van der Waals surface area contributed by atoms with Gasteiger partial charge < -0.3 is 10.1 Å². The lowest BCUT2D eigenvalue weighted by molar-refractivity contribution is 0.102. The maximum Gasteiger partial charge on any atom is 0.275 e. The minimum Gasteiger partial charge on any atom is -0.476 e. The largest absolute Gasteiger partial charge is 0.476 e. The number of halogens is 1. The summed E-state index contributed by atoms with van der Waals surface area (Å²) in [4.78, 5) is 20.9. The third kappa shape index (κ3) is 3.72. The van der Waals surface area contributed by atoms with E-state index in [4.69, 9.17) is 16.3 Å². The average Bonchev–Trinajstić information content (AvgIpc) is 3.08. The van der Waals surface area contributed by atoms with Gasteiger partial charge in [-0.3, -0.25) is 4.79 Å². The highest BCUT2D eigenvalue weighted by Crippen LogP contribution is 2.26. The fraction of sp³-hybridized carbons (Fsp3) is 0.118. The van der Waals surface area contributed by atoms with Gasteiger partial charge in [0, 0.05) is 22.2 Å². The van der Waals surface area contributed by atoms with E-state index in [-0.39, 0.29) is 5.91 Å². The molecule has 2 aromatic heterocycles. The number of ether oxygens (including phenoxy) is 1. The molecule has 0 aliphatic rings. The maximum absolute atomic E-state index is 12.4. The summed E-state index contributed by atoms with van der Waals surface area (Å²) in [6, 6.07) is 10.8. The van der Waals surface area contributed by atoms with Crippen LogP contribution < -0.4 is 10.1 Å². The molecular formula is C17H14ClN3O2S. The minimum atomic E-state index is -0.305. The number of pyridine rings is 1. The molecule has 0 spiro atoms. The second kappa shape index (κ2) is 7.42. The van der Waals surface area contributed by atoms with E-state index in [1.54, 1.807) is 35.8 Å². The van der Waals surface area contributed by atoms with Crippen LogP contribution in [0.1, 0.15) is 17.4 Å². The lowest BCUT2D eigenvalue weighted by atomic mass is 10.2. The zero-order valence-corrected chi connectivity index (χ0v) is 14.4. The summed E-state index contributed by atoms with van der Waals surface area (Å²) in [6.45, 7) is 2.33. The number of carbonyl (C=O) groups excluding carboxylic acids is 1. The summed E-state index contributed by atoms with van der Waals surface area (Å²) in [5, 5.41) is 5.92. The van der Waals surface area contributed by atoms with Gasteiger partial charge in [-0.25, -0.2) is 9.97 Å². The Bertz CT molecular complexity index is 849. The Morgan fingerprint density at radius 1 is 1.29 bits per heavy atom. The van der Waals surface area contributed by atoms with Gasteiger partial charge in [0.05, 0.1) is 6.61 Å². The van der Waals surface area contributed by atoms with Gasteiger partial charge in [0.1, 0.15) is 16.4 Å². The van der Waals surface area contributed by atoms with Crippen molar-refractivity contribution in [2.24, 2.45) is 0 Å². The number of nitrogens with zero attached hydrogens (tertiary/aromatic N) is 2. The van der Waals surface area contributed by atoms with Crippen LogP contribution in [0.25, 0.3) is 10.6 Å². The molecule has 0 saturated carbocycles. The van der Waals surface area contributed by atoms with Crippen LogP contribution in [0.2, 0.25) is 5.02 Å². The van der Waals surface area contributed by atoms with E-state index in [0.29, 0.717) is 28.9 Å². The van der Waals surface area contributed by atoms with Crippen molar-refractivity contribution >= 4 is 34.5 Å². The molecule has 0 saturated heterocycles. The van der Waals surface area contributed by atoms with Gasteiger partial charge in [-0.05, 0) is 31.2 Å². The van der Waals surface area contributed by atoms with Gasteiger partial charge >= 0.3 is 0 Å². The fourth-order valence-corrected chi connectivity index (χ4v) is 2.96. The molecule has 0 unspecified atom stereocenters. The highest BCUT2D eigenvalue weighted by atomic mass is 35.5. The Morgan fingerprint density at radius 3 is 2.83 bits per heavy atom. The molecule has 1 N–H and O–H groups in total. The van der Waals surface area contributed by atoms with E-state index < -0.39 is 0 Å². The second-order valence-corrected chi connectivity index (χ2v) is 6.08. The molecule has 0 radical (unpaired) electrons. The number of benzene rings is 1. The molecular weight excluding hydrogens is 346 g/mol. The van der Waals surface area contributed by atoms with Crippen LogP contribution in [0, 0.1) is 0 Å². The van der Waals surface area contributed by atoms with E-state index in [9.17, 15) is 4.79 Å². The van der Waals surface area contributed by atoms with E-state index in [1.807, 2.05) is 19.1 Å². The molecule has 5 nitrogen and oxygen atoms in total. The molecule has 3 aromatic rings. The first kappa shape index (κ1) is 16.4. The highest BCUT2D eigenvalue weighted by Gasteiger charge is 2.14. The smallest absolute Gasteiger partial charge is 0.275 e. The molecule has 1 amide bonds. The first-order valence-electron chi connectivity index (χ1n) is 7.28. The van der Waals surface area contributed by atoms with Gasteiger partial charge in [-0.15, -0.1) is 11.3 Å². The van der Waals surface area contributed by atoms with Crippen molar-refractivity contribution in [1.29, 1.82) is 0 Å². The second-order valence-electron chi connectivity index (χ2n) is 4.79. The van der Waals surface area contributed by atoms with Crippen LogP contribution >= 0.6 is 22.9 Å². The van der Waals surface area contributed by atoms with Crippen LogP contribution in [-0.4, -0.2) is 22.5 Å². The molecule has 122 valence electrons. The number of thiazole rings is 1. The SMILES string of the molecule is CCOc1ncccc1NC(=O)c1csc(-c2ccc(Cl)cc2)n1. The number of anilines is 1. The topological polar surface area (TPSA) is 64.1 Å². The van der Waals surface area contributed by atoms with Crippen LogP contribution in [0.4, 0.5) is 5.69 Å². The number of rotatable bonds is 5. The lowest BCUT2D eigenvalue weighted by Gasteiger charge is -2.08. The third-order valence-electron chi connectivity index (χ3n) is 3.13. The van der Waals surface area contributed by atoms with Gasteiger partial charge in [0.2, 0.25) is 5.88 Å². The number of nitrogens with one attached hydrogen (secondary N) is 1. The third-order valence-corrected chi connectivity index (χ3v) is 4.27. The predicted octanol–water partition coefficient (Wildman–Crippen LogP) is 4.51. The molecule has 0 atom stereocenters. The van der Waals surface area contributed by atoms with Gasteiger partial charge in [-0.2, -0.15) is 0 Å². The number of hydrogen-bond donors (Lipinski definition) is 1. The van der Waals surface area contributed by atoms with Gasteiger partial charge in [0.15, 0.2) is 0 Å². The summed E-state index contributed by atoms with van der Waals surface area (Å²) in [5.74, 6) is 0.0851. The van der Waals surface area contributed by atoms with Crippen molar-refractivity contribution in [3.05, 3.63) is 58.7 Å². The van der Waals surface area contributed by atoms with Crippen LogP contribution in [0.3, 0.4) is 0 Å². The van der Waals surface area contributed by atoms with Crippen LogP contribution in [0.5, 0.6) is 5.88 Å². The van der Waals surface area contributed by atoms with E-state index in [1.165, 1.54) is 11.3 Å². The van der Waals surface area contributed by atoms with E-state index in [0.717, 1.165) is 10.6 Å². The molecule has 0 aliphatic carbocycles. The van der Waals surface area contributed by atoms with Gasteiger partial charge in [0.25, 0.3) is 5.91 Å². The Morgan fingerprint density at radius 2 is 2.08 bits per heavy atom. The number of hydrogen-bond acceptors (Lipinski definition) is 5. The monoisotopic (exact) mass is 359 g/mol. The van der Waals surface area contributed by atoms with Crippen LogP contribution in [0.15, 0.2) is 48.0 Å². The molecule has 1 aromatic carbocycles. The zero-order valence-electron chi connectivity index (χ0n) is 12.8. The Hall–Kier alpha value is -2.44. The molecule has 24 heavy (non-hydrogen) atoms. The Balaban J connectivity index is 1.78. The molecule has 0 bridgehead atoms. The van der Waals surface area contributed by atoms with E-state index >= 15 is 0 Å². The normalized spacial score (nSPS) is 10.4. The van der Waals surface area contributed by atoms with Crippen molar-refractivity contribution < 1.29 is 9.53 Å². The quantitative estimate of drug-likeness (QED) is 0.728. The van der Waals surface area contributed by atoms with E-state index in [2.05, 4.69) is 15.3 Å². The first-order chi connectivity index (χ1) is 11.7. The lowest BCUT2D eigenvalue weighted by Crippen LogP contribution is -2.13. The predicted molar refractivity (Wildman–Crippen MR) is 95.9 cm³/mol. The maximum atomic E-state index is 12.4. The molecule has 7 heteroatoms. The summed E-state index contributed by atoms with van der Waals surface area (Å²) in [7, 11) is 0. The van der Waals surface area contributed by atoms with Crippen molar-refractivity contribution in [2.45, 2.75) is 6.92 Å². The van der Waals surface area contributed by atoms with Gasteiger partial charge in [-0.1, -0.05) is 23.7 Å². The number of aromatic nitrogens is 2. The Labute approximate surface area is 148 Å². The average molecular weight is 360 g/mol. The van der Waals surface area contributed by atoms with Crippen LogP contribution in [-0.2, 0) is 0 Å². The summed E-state index contributed by atoms with van der Waals surface area (Å²) < 4.78 is 5.40. The Kier molecular flexibility index (Phi) is 5.08. The molecule has 2 heterocycles. The standard InChI is InChI=1S/C17H14ClN3O2S/c1-2-23-16-13(4-3-9-19-16)20-15(22)14-10-24-17(21-14)11-5-7-12(18)8-6-11/h3-10H,2H2,1H3,(H,20,22). The fourth-order valence-electron chi connectivity index (χ4n) is 2.03. The summed E-state index contributed by atoms with van der Waals surface area (Å²) >= 11 is 7.29. The summed E-state index contributed by atoms with van der Waals surface area (Å²) in [5.41, 5.74) is 1.78. The minimum absolute atomic E-state index is 0.305. The molecule has 0 fully saturated rings. The van der Waals surface area contributed by atoms with Crippen molar-refractivity contribution in [3.8, 4) is 16.5 Å². The van der Waals surface area contributed by atoms with Crippen molar-refractivity contribution in [2.75, 3.05) is 11.9 Å². The first-order valence-corrected chi connectivity index (χ1v) is 8.53. The van der Waals surface area contributed by atoms with Crippen molar-refractivity contribution in [3.63, 3.8) is 0 Å². The molecule has 3 rings (SSSR count). The summed E-state index contributed by atoms with van der Waals surface area (Å²) in [6.07, 6.45) is 1.61. The highest BCUT2D eigenvalue weighted by molar-refractivity contribution is 7.13. The number of amides is 1. The van der Waals surface area contributed by atoms with Crippen molar-refractivity contribution in [1.82, 2.24) is 9.97 Å². The zero-order chi connectivity index (χ0) is 16.9. The molecule has 0 aliphatic heterocycles.